The fourth-order valence-electron chi connectivity index (χ4n) is 3.57. The molecule has 1 aliphatic carbocycles. The van der Waals surface area contributed by atoms with Crippen LogP contribution in [0.1, 0.15) is 32.1 Å². The molecule has 2 atom stereocenters. The van der Waals surface area contributed by atoms with Gasteiger partial charge < -0.3 is 5.32 Å². The molecule has 0 bridgehead atoms. The van der Waals surface area contributed by atoms with E-state index in [-0.39, 0.29) is 0 Å². The zero-order valence-corrected chi connectivity index (χ0v) is 8.39. The first-order valence-corrected chi connectivity index (χ1v) is 5.86. The highest BCUT2D eigenvalue weighted by Crippen LogP contribution is 2.49. The molecule has 2 nitrogen and oxygen atoms in total. The highest BCUT2D eigenvalue weighted by atomic mass is 15.2. The van der Waals surface area contributed by atoms with Gasteiger partial charge in [0.05, 0.1) is 0 Å². The van der Waals surface area contributed by atoms with Crippen molar-refractivity contribution >= 4 is 0 Å². The van der Waals surface area contributed by atoms with E-state index in [0.29, 0.717) is 5.41 Å². The van der Waals surface area contributed by atoms with Crippen molar-refractivity contribution in [1.29, 1.82) is 0 Å². The molecule has 74 valence electrons. The number of rotatable bonds is 1. The SMILES string of the molecule is C1CCN(C2CC[C@@]23CCNC3)C1. The van der Waals surface area contributed by atoms with Crippen LogP contribution in [0.15, 0.2) is 0 Å². The monoisotopic (exact) mass is 180 g/mol. The van der Waals surface area contributed by atoms with Gasteiger partial charge in [-0.05, 0) is 57.2 Å². The molecule has 2 saturated heterocycles. The first kappa shape index (κ1) is 8.25. The summed E-state index contributed by atoms with van der Waals surface area (Å²) in [7, 11) is 0. The summed E-state index contributed by atoms with van der Waals surface area (Å²) in [5.74, 6) is 0. The van der Waals surface area contributed by atoms with E-state index in [1.165, 1.54) is 58.3 Å². The molecule has 1 N–H and O–H groups in total. The van der Waals surface area contributed by atoms with Crippen LogP contribution >= 0.6 is 0 Å². The van der Waals surface area contributed by atoms with Crippen LogP contribution in [0.3, 0.4) is 0 Å². The van der Waals surface area contributed by atoms with Crippen LogP contribution in [0.25, 0.3) is 0 Å². The predicted octanol–water partition coefficient (Wildman–Crippen LogP) is 1.22. The van der Waals surface area contributed by atoms with Gasteiger partial charge in [0.1, 0.15) is 0 Å². The van der Waals surface area contributed by atoms with Gasteiger partial charge in [-0.3, -0.25) is 4.90 Å². The van der Waals surface area contributed by atoms with Gasteiger partial charge >= 0.3 is 0 Å². The Morgan fingerprint density at radius 2 is 2.00 bits per heavy atom. The molecule has 13 heavy (non-hydrogen) atoms. The maximum atomic E-state index is 3.54. The van der Waals surface area contributed by atoms with E-state index < -0.39 is 0 Å². The minimum Gasteiger partial charge on any atom is -0.316 e. The van der Waals surface area contributed by atoms with E-state index in [9.17, 15) is 0 Å². The molecule has 0 aromatic rings. The third kappa shape index (κ3) is 1.15. The Morgan fingerprint density at radius 3 is 2.54 bits per heavy atom. The lowest BCUT2D eigenvalue weighted by atomic mass is 9.63. The van der Waals surface area contributed by atoms with Crippen molar-refractivity contribution in [3.05, 3.63) is 0 Å². The molecule has 2 heterocycles. The average Bonchev–Trinajstić information content (AvgIpc) is 2.72. The summed E-state index contributed by atoms with van der Waals surface area (Å²) in [6, 6.07) is 0.949. The Morgan fingerprint density at radius 1 is 1.15 bits per heavy atom. The van der Waals surface area contributed by atoms with Crippen LogP contribution < -0.4 is 5.32 Å². The second kappa shape index (κ2) is 2.96. The Bertz CT molecular complexity index is 190. The molecule has 1 spiro atoms. The average molecular weight is 180 g/mol. The Kier molecular flexibility index (Phi) is 1.88. The molecular formula is C11H20N2. The quantitative estimate of drug-likeness (QED) is 0.653. The first-order chi connectivity index (χ1) is 6.41. The molecule has 3 fully saturated rings. The standard InChI is InChI=1S/C11H20N2/c1-2-8-13(7-1)10-3-4-11(10)5-6-12-9-11/h10,12H,1-9H2/t10?,11-/m0/s1. The molecule has 0 aromatic heterocycles. The van der Waals surface area contributed by atoms with E-state index in [4.69, 9.17) is 0 Å². The number of nitrogens with zero attached hydrogens (tertiary/aromatic N) is 1. The second-order valence-corrected chi connectivity index (χ2v) is 5.09. The van der Waals surface area contributed by atoms with Crippen LogP contribution in [-0.4, -0.2) is 37.1 Å². The van der Waals surface area contributed by atoms with Crippen molar-refractivity contribution in [2.24, 2.45) is 5.41 Å². The Hall–Kier alpha value is -0.0800. The number of hydrogen-bond acceptors (Lipinski definition) is 2. The zero-order chi connectivity index (χ0) is 8.73. The lowest BCUT2D eigenvalue weighted by molar-refractivity contribution is 0.000626. The molecule has 0 amide bonds. The minimum absolute atomic E-state index is 0.713. The molecular weight excluding hydrogens is 160 g/mol. The summed E-state index contributed by atoms with van der Waals surface area (Å²) in [6.45, 7) is 5.33. The highest BCUT2D eigenvalue weighted by molar-refractivity contribution is 5.06. The van der Waals surface area contributed by atoms with Gasteiger partial charge in [-0.15, -0.1) is 0 Å². The first-order valence-electron chi connectivity index (χ1n) is 5.86. The summed E-state index contributed by atoms with van der Waals surface area (Å²) in [5, 5.41) is 3.54. The molecule has 3 rings (SSSR count). The van der Waals surface area contributed by atoms with Crippen molar-refractivity contribution in [3.63, 3.8) is 0 Å². The highest BCUT2D eigenvalue weighted by Gasteiger charge is 2.50. The molecule has 3 aliphatic rings. The number of hydrogen-bond donors (Lipinski definition) is 1. The Labute approximate surface area is 80.7 Å². The summed E-state index contributed by atoms with van der Waals surface area (Å²) in [4.78, 5) is 2.76. The molecule has 1 saturated carbocycles. The van der Waals surface area contributed by atoms with E-state index >= 15 is 0 Å². The van der Waals surface area contributed by atoms with Crippen LogP contribution in [0.5, 0.6) is 0 Å². The van der Waals surface area contributed by atoms with Gasteiger partial charge in [0.15, 0.2) is 0 Å². The number of nitrogens with one attached hydrogen (secondary N) is 1. The molecule has 2 heteroatoms. The van der Waals surface area contributed by atoms with Crippen molar-refractivity contribution in [2.75, 3.05) is 26.2 Å². The summed E-state index contributed by atoms with van der Waals surface area (Å²) in [6.07, 6.45) is 7.29. The lowest BCUT2D eigenvalue weighted by Gasteiger charge is -2.51. The van der Waals surface area contributed by atoms with Crippen LogP contribution in [0, 0.1) is 5.41 Å². The summed E-state index contributed by atoms with van der Waals surface area (Å²) >= 11 is 0. The third-order valence-corrected chi connectivity index (χ3v) is 4.48. The van der Waals surface area contributed by atoms with Gasteiger partial charge in [-0.1, -0.05) is 0 Å². The van der Waals surface area contributed by atoms with Crippen LogP contribution in [-0.2, 0) is 0 Å². The zero-order valence-electron chi connectivity index (χ0n) is 8.39. The lowest BCUT2D eigenvalue weighted by Crippen LogP contribution is -2.55. The summed E-state index contributed by atoms with van der Waals surface area (Å²) in [5.41, 5.74) is 0.713. The normalized spacial score (nSPS) is 45.7. The largest absolute Gasteiger partial charge is 0.316 e. The van der Waals surface area contributed by atoms with E-state index in [1.54, 1.807) is 0 Å². The van der Waals surface area contributed by atoms with Crippen LogP contribution in [0.4, 0.5) is 0 Å². The topological polar surface area (TPSA) is 15.3 Å². The number of likely N-dealkylation sites (tertiary alicyclic amines) is 1. The van der Waals surface area contributed by atoms with Crippen molar-refractivity contribution in [2.45, 2.75) is 38.1 Å². The van der Waals surface area contributed by atoms with Gasteiger partial charge in [-0.2, -0.15) is 0 Å². The molecule has 0 radical (unpaired) electrons. The maximum absolute atomic E-state index is 3.54. The Balaban J connectivity index is 1.70. The van der Waals surface area contributed by atoms with Gasteiger partial charge in [0.2, 0.25) is 0 Å². The van der Waals surface area contributed by atoms with Crippen molar-refractivity contribution in [3.8, 4) is 0 Å². The van der Waals surface area contributed by atoms with Crippen LogP contribution in [0.2, 0.25) is 0 Å². The van der Waals surface area contributed by atoms with Gasteiger partial charge in [0.25, 0.3) is 0 Å². The van der Waals surface area contributed by atoms with Gasteiger partial charge in [-0.25, -0.2) is 0 Å². The molecule has 2 aliphatic heterocycles. The summed E-state index contributed by atoms with van der Waals surface area (Å²) < 4.78 is 0. The molecule has 1 unspecified atom stereocenters. The third-order valence-electron chi connectivity index (χ3n) is 4.48. The molecule has 0 aromatic carbocycles. The van der Waals surface area contributed by atoms with Crippen molar-refractivity contribution < 1.29 is 0 Å². The fourth-order valence-corrected chi connectivity index (χ4v) is 3.57. The minimum atomic E-state index is 0.713. The van der Waals surface area contributed by atoms with Crippen molar-refractivity contribution in [1.82, 2.24) is 10.2 Å². The second-order valence-electron chi connectivity index (χ2n) is 5.09. The van der Waals surface area contributed by atoms with E-state index in [1.807, 2.05) is 0 Å². The van der Waals surface area contributed by atoms with Gasteiger partial charge in [0, 0.05) is 12.6 Å². The maximum Gasteiger partial charge on any atom is 0.0164 e. The fraction of sp³-hybridized carbons (Fsp3) is 1.00. The predicted molar refractivity (Wildman–Crippen MR) is 53.7 cm³/mol. The van der Waals surface area contributed by atoms with E-state index in [2.05, 4.69) is 10.2 Å². The van der Waals surface area contributed by atoms with E-state index in [0.717, 1.165) is 6.04 Å². The smallest absolute Gasteiger partial charge is 0.0164 e.